The number of hydrogen-bond acceptors (Lipinski definition) is 1. The lowest BCUT2D eigenvalue weighted by Gasteiger charge is -2.32. The average Bonchev–Trinajstić information content (AvgIpc) is 2.34. The third kappa shape index (κ3) is 3.21. The van der Waals surface area contributed by atoms with Crippen LogP contribution in [0.2, 0.25) is 0 Å². The third-order valence-electron chi connectivity index (χ3n) is 3.70. The topological polar surface area (TPSA) is 12.0 Å². The highest BCUT2D eigenvalue weighted by atomic mass is 79.9. The van der Waals surface area contributed by atoms with E-state index >= 15 is 0 Å². The van der Waals surface area contributed by atoms with Gasteiger partial charge in [-0.3, -0.25) is 0 Å². The molecule has 1 aliphatic carbocycles. The molecule has 0 amide bonds. The van der Waals surface area contributed by atoms with Gasteiger partial charge in [-0.05, 0) is 37.0 Å². The summed E-state index contributed by atoms with van der Waals surface area (Å²) in [5.74, 6) is 0.524. The normalized spacial score (nSPS) is 24.6. The van der Waals surface area contributed by atoms with Crippen LogP contribution in [0.5, 0.6) is 0 Å². The molecule has 0 aromatic heterocycles. The Kier molecular flexibility index (Phi) is 4.43. The first-order valence-corrected chi connectivity index (χ1v) is 7.21. The summed E-state index contributed by atoms with van der Waals surface area (Å²) in [6.07, 6.45) is 6.17. The van der Waals surface area contributed by atoms with Crippen LogP contribution in [0, 0.1) is 11.7 Å². The Bertz CT molecular complexity index is 380. The maximum Gasteiger partial charge on any atom is 0.146 e. The molecule has 0 heterocycles. The predicted octanol–water partition coefficient (Wildman–Crippen LogP) is 4.97. The van der Waals surface area contributed by atoms with Gasteiger partial charge in [0, 0.05) is 10.5 Å². The quantitative estimate of drug-likeness (QED) is 0.831. The van der Waals surface area contributed by atoms with E-state index in [9.17, 15) is 4.39 Å². The monoisotopic (exact) mass is 299 g/mol. The Morgan fingerprint density at radius 3 is 2.88 bits per heavy atom. The molecule has 1 aliphatic rings. The molecule has 0 aliphatic heterocycles. The van der Waals surface area contributed by atoms with E-state index in [0.29, 0.717) is 17.6 Å². The lowest BCUT2D eigenvalue weighted by atomic mass is 9.83. The molecule has 1 aromatic rings. The van der Waals surface area contributed by atoms with E-state index in [-0.39, 0.29) is 5.82 Å². The van der Waals surface area contributed by atoms with E-state index in [4.69, 9.17) is 0 Å². The second-order valence-corrected chi connectivity index (χ2v) is 5.74. The average molecular weight is 300 g/mol. The van der Waals surface area contributed by atoms with Gasteiger partial charge in [0.05, 0.1) is 5.69 Å². The van der Waals surface area contributed by atoms with Crippen LogP contribution in [-0.4, -0.2) is 6.04 Å². The van der Waals surface area contributed by atoms with Gasteiger partial charge in [-0.25, -0.2) is 4.39 Å². The molecular weight excluding hydrogens is 281 g/mol. The van der Waals surface area contributed by atoms with Crippen molar-refractivity contribution in [1.82, 2.24) is 0 Å². The number of anilines is 1. The maximum absolute atomic E-state index is 13.7. The molecule has 1 nitrogen and oxygen atoms in total. The van der Waals surface area contributed by atoms with Crippen LogP contribution < -0.4 is 5.32 Å². The molecular formula is C14H19BrFN. The minimum Gasteiger partial charge on any atom is -0.380 e. The van der Waals surface area contributed by atoms with E-state index in [1.54, 1.807) is 6.07 Å². The van der Waals surface area contributed by atoms with Gasteiger partial charge in [0.25, 0.3) is 0 Å². The SMILES string of the molecule is CCC1CCCCC1Nc1cc(Br)ccc1F. The van der Waals surface area contributed by atoms with Gasteiger partial charge in [-0.1, -0.05) is 42.1 Å². The van der Waals surface area contributed by atoms with Crippen molar-refractivity contribution in [2.45, 2.75) is 45.1 Å². The minimum absolute atomic E-state index is 0.159. The van der Waals surface area contributed by atoms with Crippen molar-refractivity contribution in [3.8, 4) is 0 Å². The Hall–Kier alpha value is -0.570. The summed E-state index contributed by atoms with van der Waals surface area (Å²) in [6.45, 7) is 2.22. The number of nitrogens with one attached hydrogen (secondary N) is 1. The molecule has 1 N–H and O–H groups in total. The number of halogens is 2. The fourth-order valence-electron chi connectivity index (χ4n) is 2.69. The Balaban J connectivity index is 2.10. The molecule has 3 heteroatoms. The van der Waals surface area contributed by atoms with Crippen LogP contribution in [0.1, 0.15) is 39.0 Å². The molecule has 1 aromatic carbocycles. The first kappa shape index (κ1) is 12.9. The zero-order valence-corrected chi connectivity index (χ0v) is 11.8. The molecule has 1 saturated carbocycles. The molecule has 2 rings (SSSR count). The first-order valence-electron chi connectivity index (χ1n) is 6.42. The van der Waals surface area contributed by atoms with Crippen molar-refractivity contribution in [1.29, 1.82) is 0 Å². The largest absolute Gasteiger partial charge is 0.380 e. The van der Waals surface area contributed by atoms with Crippen molar-refractivity contribution in [2.24, 2.45) is 5.92 Å². The number of hydrogen-bond donors (Lipinski definition) is 1. The van der Waals surface area contributed by atoms with Crippen molar-refractivity contribution >= 4 is 21.6 Å². The predicted molar refractivity (Wildman–Crippen MR) is 73.8 cm³/mol. The minimum atomic E-state index is -0.159. The van der Waals surface area contributed by atoms with Gasteiger partial charge in [0.2, 0.25) is 0 Å². The van der Waals surface area contributed by atoms with Crippen molar-refractivity contribution in [3.05, 3.63) is 28.5 Å². The molecule has 0 radical (unpaired) electrons. The molecule has 94 valence electrons. The van der Waals surface area contributed by atoms with Crippen LogP contribution in [-0.2, 0) is 0 Å². The number of rotatable bonds is 3. The second kappa shape index (κ2) is 5.85. The molecule has 0 spiro atoms. The first-order chi connectivity index (χ1) is 8.20. The fraction of sp³-hybridized carbons (Fsp3) is 0.571. The van der Waals surface area contributed by atoms with Crippen molar-refractivity contribution in [3.63, 3.8) is 0 Å². The molecule has 2 unspecified atom stereocenters. The summed E-state index contributed by atoms with van der Waals surface area (Å²) in [5.41, 5.74) is 0.629. The summed E-state index contributed by atoms with van der Waals surface area (Å²) < 4.78 is 14.6. The molecule has 1 fully saturated rings. The van der Waals surface area contributed by atoms with Crippen LogP contribution in [0.4, 0.5) is 10.1 Å². The van der Waals surface area contributed by atoms with E-state index in [2.05, 4.69) is 28.2 Å². The molecule has 2 atom stereocenters. The lowest BCUT2D eigenvalue weighted by molar-refractivity contribution is 0.316. The van der Waals surface area contributed by atoms with Crippen molar-refractivity contribution in [2.75, 3.05) is 5.32 Å². The Morgan fingerprint density at radius 2 is 2.12 bits per heavy atom. The lowest BCUT2D eigenvalue weighted by Crippen LogP contribution is -2.32. The van der Waals surface area contributed by atoms with Crippen LogP contribution in [0.3, 0.4) is 0 Å². The van der Waals surface area contributed by atoms with Gasteiger partial charge < -0.3 is 5.32 Å². The zero-order chi connectivity index (χ0) is 12.3. The van der Waals surface area contributed by atoms with Crippen molar-refractivity contribution < 1.29 is 4.39 Å². The summed E-state index contributed by atoms with van der Waals surface area (Å²) in [7, 11) is 0. The highest BCUT2D eigenvalue weighted by Crippen LogP contribution is 2.30. The molecule has 0 bridgehead atoms. The van der Waals surface area contributed by atoms with Gasteiger partial charge in [-0.15, -0.1) is 0 Å². The highest BCUT2D eigenvalue weighted by molar-refractivity contribution is 9.10. The summed E-state index contributed by atoms with van der Waals surface area (Å²) in [5, 5.41) is 3.39. The fourth-order valence-corrected chi connectivity index (χ4v) is 3.06. The van der Waals surface area contributed by atoms with Crippen LogP contribution in [0.25, 0.3) is 0 Å². The van der Waals surface area contributed by atoms with Gasteiger partial charge in [0.1, 0.15) is 5.82 Å². The summed E-state index contributed by atoms with van der Waals surface area (Å²) in [4.78, 5) is 0. The van der Waals surface area contributed by atoms with E-state index in [1.807, 2.05) is 6.07 Å². The van der Waals surface area contributed by atoms with Gasteiger partial charge in [0.15, 0.2) is 0 Å². The summed E-state index contributed by atoms with van der Waals surface area (Å²) >= 11 is 3.39. The second-order valence-electron chi connectivity index (χ2n) is 4.83. The van der Waals surface area contributed by atoms with Crippen LogP contribution in [0.15, 0.2) is 22.7 Å². The van der Waals surface area contributed by atoms with Gasteiger partial charge >= 0.3 is 0 Å². The Labute approximate surface area is 111 Å². The maximum atomic E-state index is 13.7. The third-order valence-corrected chi connectivity index (χ3v) is 4.20. The number of benzene rings is 1. The van der Waals surface area contributed by atoms with E-state index in [1.165, 1.54) is 31.7 Å². The highest BCUT2D eigenvalue weighted by Gasteiger charge is 2.24. The Morgan fingerprint density at radius 1 is 1.35 bits per heavy atom. The van der Waals surface area contributed by atoms with E-state index in [0.717, 1.165) is 10.9 Å². The molecule has 0 saturated heterocycles. The van der Waals surface area contributed by atoms with Gasteiger partial charge in [-0.2, -0.15) is 0 Å². The smallest absolute Gasteiger partial charge is 0.146 e. The van der Waals surface area contributed by atoms with Crippen LogP contribution >= 0.6 is 15.9 Å². The summed E-state index contributed by atoms with van der Waals surface area (Å²) in [6, 6.07) is 5.50. The zero-order valence-electron chi connectivity index (χ0n) is 10.2. The van der Waals surface area contributed by atoms with E-state index < -0.39 is 0 Å². The standard InChI is InChI=1S/C14H19BrFN/c1-2-10-5-3-4-6-13(10)17-14-9-11(15)7-8-12(14)16/h7-10,13,17H,2-6H2,1H3. The molecule has 17 heavy (non-hydrogen) atoms.